The first-order valence-electron chi connectivity index (χ1n) is 11.6. The molecule has 0 aromatic heterocycles. The number of methoxy groups -OCH3 is 1. The Labute approximate surface area is 160 Å². The van der Waals surface area contributed by atoms with E-state index in [0.29, 0.717) is 17.3 Å². The molecule has 26 heavy (non-hydrogen) atoms. The van der Waals surface area contributed by atoms with E-state index >= 15 is 0 Å². The third kappa shape index (κ3) is 2.94. The minimum absolute atomic E-state index is 0.0306. The van der Waals surface area contributed by atoms with Gasteiger partial charge in [0.05, 0.1) is 7.11 Å². The van der Waals surface area contributed by atoms with Crippen LogP contribution >= 0.6 is 0 Å². The van der Waals surface area contributed by atoms with Crippen LogP contribution in [0.4, 0.5) is 0 Å². The number of rotatable bonds is 4. The summed E-state index contributed by atoms with van der Waals surface area (Å²) in [6.45, 7) is 5.30. The van der Waals surface area contributed by atoms with Crippen molar-refractivity contribution in [1.82, 2.24) is 0 Å². The van der Waals surface area contributed by atoms with Crippen LogP contribution in [0.15, 0.2) is 0 Å². The van der Waals surface area contributed by atoms with E-state index in [-0.39, 0.29) is 5.97 Å². The van der Waals surface area contributed by atoms with Gasteiger partial charge in [-0.2, -0.15) is 0 Å². The van der Waals surface area contributed by atoms with Crippen molar-refractivity contribution in [3.63, 3.8) is 0 Å². The van der Waals surface area contributed by atoms with Gasteiger partial charge in [-0.1, -0.05) is 26.7 Å². The molecule has 0 heterocycles. The second kappa shape index (κ2) is 7.13. The van der Waals surface area contributed by atoms with Gasteiger partial charge in [0.2, 0.25) is 0 Å². The number of ether oxygens (including phenoxy) is 1. The van der Waals surface area contributed by atoms with E-state index in [0.717, 1.165) is 36.0 Å². The molecule has 4 aliphatic carbocycles. The van der Waals surface area contributed by atoms with Crippen molar-refractivity contribution < 1.29 is 9.53 Å². The predicted molar refractivity (Wildman–Crippen MR) is 106 cm³/mol. The Morgan fingerprint density at radius 2 is 1.73 bits per heavy atom. The fourth-order valence-electron chi connectivity index (χ4n) is 8.47. The van der Waals surface area contributed by atoms with E-state index in [1.165, 1.54) is 77.7 Å². The van der Waals surface area contributed by atoms with Crippen molar-refractivity contribution in [1.29, 1.82) is 0 Å². The molecule has 4 aliphatic rings. The van der Waals surface area contributed by atoms with Crippen molar-refractivity contribution in [2.45, 2.75) is 97.3 Å². The molecule has 4 saturated carbocycles. The van der Waals surface area contributed by atoms with E-state index < -0.39 is 0 Å². The second-order valence-electron chi connectivity index (χ2n) is 10.7. The molecule has 4 rings (SSSR count). The first-order valence-corrected chi connectivity index (χ1v) is 11.6. The Hall–Kier alpha value is -0.530. The molecule has 0 radical (unpaired) electrons. The van der Waals surface area contributed by atoms with Crippen LogP contribution in [-0.2, 0) is 9.53 Å². The molecule has 0 aliphatic heterocycles. The van der Waals surface area contributed by atoms with E-state index in [1.807, 2.05) is 0 Å². The summed E-state index contributed by atoms with van der Waals surface area (Å²) in [6.07, 6.45) is 17.7. The number of fused-ring (bicyclic) bond motifs is 5. The topological polar surface area (TPSA) is 26.3 Å². The summed E-state index contributed by atoms with van der Waals surface area (Å²) in [6, 6.07) is 0. The average molecular weight is 361 g/mol. The molecule has 0 N–H and O–H groups in total. The van der Waals surface area contributed by atoms with Gasteiger partial charge in [-0.05, 0) is 105 Å². The summed E-state index contributed by atoms with van der Waals surface area (Å²) in [4.78, 5) is 11.5. The van der Waals surface area contributed by atoms with Gasteiger partial charge in [0.25, 0.3) is 0 Å². The monoisotopic (exact) mass is 360 g/mol. The first-order chi connectivity index (χ1) is 12.5. The molecule has 2 nitrogen and oxygen atoms in total. The number of hydrogen-bond donors (Lipinski definition) is 0. The lowest BCUT2D eigenvalue weighted by Crippen LogP contribution is -2.52. The third-order valence-corrected chi connectivity index (χ3v) is 9.94. The molecule has 2 heteroatoms. The van der Waals surface area contributed by atoms with Crippen LogP contribution in [0.25, 0.3) is 0 Å². The minimum Gasteiger partial charge on any atom is -0.469 e. The molecule has 0 amide bonds. The molecule has 0 bridgehead atoms. The average Bonchev–Trinajstić information content (AvgIpc) is 2.97. The molecule has 0 aromatic carbocycles. The lowest BCUT2D eigenvalue weighted by molar-refractivity contribution is -0.140. The van der Waals surface area contributed by atoms with E-state index in [2.05, 4.69) is 13.8 Å². The maximum atomic E-state index is 11.5. The van der Waals surface area contributed by atoms with Crippen LogP contribution in [-0.4, -0.2) is 13.1 Å². The van der Waals surface area contributed by atoms with E-state index in [9.17, 15) is 4.79 Å². The quantitative estimate of drug-likeness (QED) is 0.544. The molecule has 7 atom stereocenters. The van der Waals surface area contributed by atoms with Gasteiger partial charge >= 0.3 is 5.97 Å². The van der Waals surface area contributed by atoms with Crippen molar-refractivity contribution in [2.75, 3.05) is 7.11 Å². The predicted octanol–water partition coefficient (Wildman–Crippen LogP) is 6.38. The SMILES string of the molecule is COC(=O)CCCC1CCC2C3CCC4CCCC[C@]4(C)C3CC[C@]12C. The van der Waals surface area contributed by atoms with Crippen LogP contribution in [0.2, 0.25) is 0 Å². The Kier molecular flexibility index (Phi) is 5.16. The summed E-state index contributed by atoms with van der Waals surface area (Å²) in [7, 11) is 1.51. The maximum absolute atomic E-state index is 11.5. The summed E-state index contributed by atoms with van der Waals surface area (Å²) < 4.78 is 4.84. The lowest BCUT2D eigenvalue weighted by Gasteiger charge is -2.60. The zero-order valence-electron chi connectivity index (χ0n) is 17.4. The zero-order valence-corrected chi connectivity index (χ0v) is 17.4. The number of esters is 1. The number of hydrogen-bond acceptors (Lipinski definition) is 2. The highest BCUT2D eigenvalue weighted by atomic mass is 16.5. The second-order valence-corrected chi connectivity index (χ2v) is 10.7. The lowest BCUT2D eigenvalue weighted by atomic mass is 9.45. The van der Waals surface area contributed by atoms with Crippen LogP contribution in [0, 0.1) is 40.4 Å². The fraction of sp³-hybridized carbons (Fsp3) is 0.958. The molecule has 4 fully saturated rings. The van der Waals surface area contributed by atoms with Gasteiger partial charge in [-0.3, -0.25) is 4.79 Å². The Bertz CT molecular complexity index is 528. The van der Waals surface area contributed by atoms with Gasteiger partial charge < -0.3 is 4.74 Å². The molecule has 0 aromatic rings. The van der Waals surface area contributed by atoms with Gasteiger partial charge in [-0.25, -0.2) is 0 Å². The Morgan fingerprint density at radius 1 is 0.923 bits per heavy atom. The normalized spacial score (nSPS) is 47.6. The van der Waals surface area contributed by atoms with Crippen molar-refractivity contribution in [3.05, 3.63) is 0 Å². The fourth-order valence-corrected chi connectivity index (χ4v) is 8.47. The first kappa shape index (κ1) is 18.8. The van der Waals surface area contributed by atoms with Crippen molar-refractivity contribution >= 4 is 5.97 Å². The van der Waals surface area contributed by atoms with Crippen LogP contribution in [0.3, 0.4) is 0 Å². The molecule has 5 unspecified atom stereocenters. The number of carbonyl (C=O) groups is 1. The van der Waals surface area contributed by atoms with Gasteiger partial charge in [0, 0.05) is 6.42 Å². The molecule has 0 saturated heterocycles. The van der Waals surface area contributed by atoms with E-state index in [1.54, 1.807) is 0 Å². The third-order valence-electron chi connectivity index (χ3n) is 9.94. The Balaban J connectivity index is 1.45. The Morgan fingerprint density at radius 3 is 2.54 bits per heavy atom. The summed E-state index contributed by atoms with van der Waals surface area (Å²) >= 11 is 0. The van der Waals surface area contributed by atoms with Crippen molar-refractivity contribution in [2.24, 2.45) is 40.4 Å². The van der Waals surface area contributed by atoms with Gasteiger partial charge in [0.1, 0.15) is 0 Å². The smallest absolute Gasteiger partial charge is 0.305 e. The van der Waals surface area contributed by atoms with Crippen LogP contribution < -0.4 is 0 Å². The molecule has 148 valence electrons. The van der Waals surface area contributed by atoms with Gasteiger partial charge in [0.15, 0.2) is 0 Å². The zero-order chi connectivity index (χ0) is 18.4. The molecular weight excluding hydrogens is 320 g/mol. The van der Waals surface area contributed by atoms with Crippen molar-refractivity contribution in [3.8, 4) is 0 Å². The highest BCUT2D eigenvalue weighted by Gasteiger charge is 2.59. The van der Waals surface area contributed by atoms with Crippen LogP contribution in [0.1, 0.15) is 97.3 Å². The molecule has 0 spiro atoms. The minimum atomic E-state index is -0.0306. The summed E-state index contributed by atoms with van der Waals surface area (Å²) in [5.41, 5.74) is 1.21. The van der Waals surface area contributed by atoms with Crippen LogP contribution in [0.5, 0.6) is 0 Å². The summed E-state index contributed by atoms with van der Waals surface area (Å²) in [5.74, 6) is 4.81. The summed E-state index contributed by atoms with van der Waals surface area (Å²) in [5, 5.41) is 0. The highest BCUT2D eigenvalue weighted by molar-refractivity contribution is 5.68. The van der Waals surface area contributed by atoms with E-state index in [4.69, 9.17) is 4.74 Å². The molecular formula is C24H40O2. The largest absolute Gasteiger partial charge is 0.469 e. The maximum Gasteiger partial charge on any atom is 0.305 e. The standard InChI is InChI=1S/C24H40O2/c1-23-15-5-4-7-17(23)10-12-19-20-13-11-18(8-6-9-22(25)26-3)24(20,2)16-14-21(19)23/h17-21H,4-16H2,1-3H3/t17?,18?,19?,20?,21?,23-,24+/m0/s1. The highest BCUT2D eigenvalue weighted by Crippen LogP contribution is 2.67. The number of carbonyl (C=O) groups excluding carboxylic acids is 1. The van der Waals surface area contributed by atoms with Gasteiger partial charge in [-0.15, -0.1) is 0 Å².